The van der Waals surface area contributed by atoms with Crippen LogP contribution in [0.25, 0.3) is 0 Å². The molecule has 2 N–H and O–H groups in total. The van der Waals surface area contributed by atoms with Gasteiger partial charge < -0.3 is 14.6 Å². The number of hydrogen-bond donors (Lipinski definition) is 2. The van der Waals surface area contributed by atoms with Crippen LogP contribution in [-0.4, -0.2) is 30.4 Å². The van der Waals surface area contributed by atoms with Crippen molar-refractivity contribution in [1.82, 2.24) is 5.43 Å². The van der Waals surface area contributed by atoms with Crippen LogP contribution in [0.1, 0.15) is 12.5 Å². The predicted octanol–water partition coefficient (Wildman–Crippen LogP) is 2.92. The van der Waals surface area contributed by atoms with Gasteiger partial charge in [0.25, 0.3) is 5.91 Å². The van der Waals surface area contributed by atoms with Crippen LogP contribution in [0.15, 0.2) is 47.6 Å². The fourth-order valence-corrected chi connectivity index (χ4v) is 2.34. The van der Waals surface area contributed by atoms with Gasteiger partial charge in [0.15, 0.2) is 18.1 Å². The molecule has 2 rings (SSSR count). The first-order chi connectivity index (χ1) is 11.6. The number of carbonyl (C=O) groups excluding carboxylic acids is 1. The van der Waals surface area contributed by atoms with E-state index in [0.717, 1.165) is 3.57 Å². The van der Waals surface area contributed by atoms with Gasteiger partial charge in [0, 0.05) is 9.13 Å². The minimum atomic E-state index is -0.414. The fraction of sp³-hybridized carbons (Fsp3) is 0.176. The molecule has 0 aliphatic carbocycles. The number of carbonyl (C=O) groups is 1. The molecule has 0 saturated heterocycles. The number of rotatable bonds is 7. The molecular formula is C17H17IN2O4. The number of benzene rings is 2. The number of amides is 1. The lowest BCUT2D eigenvalue weighted by Crippen LogP contribution is -2.24. The lowest BCUT2D eigenvalue weighted by molar-refractivity contribution is -0.123. The van der Waals surface area contributed by atoms with Crippen molar-refractivity contribution in [3.8, 4) is 17.2 Å². The Morgan fingerprint density at radius 3 is 2.67 bits per heavy atom. The lowest BCUT2D eigenvalue weighted by Gasteiger charge is -2.10. The summed E-state index contributed by atoms with van der Waals surface area (Å²) in [5.41, 5.74) is 2.87. The van der Waals surface area contributed by atoms with Crippen LogP contribution in [0.5, 0.6) is 17.2 Å². The summed E-state index contributed by atoms with van der Waals surface area (Å²) >= 11 is 2.12. The smallest absolute Gasteiger partial charge is 0.277 e. The third-order valence-corrected chi connectivity index (χ3v) is 3.56. The van der Waals surface area contributed by atoms with E-state index in [9.17, 15) is 9.90 Å². The number of hydrogen-bond acceptors (Lipinski definition) is 5. The molecule has 0 heterocycles. The lowest BCUT2D eigenvalue weighted by atomic mass is 10.2. The van der Waals surface area contributed by atoms with E-state index in [1.54, 1.807) is 36.4 Å². The van der Waals surface area contributed by atoms with Crippen LogP contribution in [0.3, 0.4) is 0 Å². The summed E-state index contributed by atoms with van der Waals surface area (Å²) in [7, 11) is 0. The molecule has 0 aromatic heterocycles. The van der Waals surface area contributed by atoms with Crippen molar-refractivity contribution >= 4 is 34.7 Å². The van der Waals surface area contributed by atoms with Gasteiger partial charge in [-0.05, 0) is 59.8 Å². The van der Waals surface area contributed by atoms with Crippen LogP contribution in [0.4, 0.5) is 0 Å². The number of para-hydroxylation sites is 2. The minimum absolute atomic E-state index is 0.0929. The normalized spacial score (nSPS) is 10.6. The Balaban J connectivity index is 1.88. The maximum Gasteiger partial charge on any atom is 0.277 e. The van der Waals surface area contributed by atoms with Crippen molar-refractivity contribution in [2.75, 3.05) is 13.2 Å². The quantitative estimate of drug-likeness (QED) is 0.394. The Morgan fingerprint density at radius 2 is 1.96 bits per heavy atom. The molecule has 24 heavy (non-hydrogen) atoms. The van der Waals surface area contributed by atoms with Gasteiger partial charge in [-0.3, -0.25) is 4.79 Å². The van der Waals surface area contributed by atoms with Crippen LogP contribution < -0.4 is 14.9 Å². The van der Waals surface area contributed by atoms with E-state index in [1.165, 1.54) is 6.21 Å². The summed E-state index contributed by atoms with van der Waals surface area (Å²) in [6.07, 6.45) is 1.38. The zero-order chi connectivity index (χ0) is 17.4. The number of phenolic OH excluding ortho intramolecular Hbond substituents is 1. The Labute approximate surface area is 153 Å². The summed E-state index contributed by atoms with van der Waals surface area (Å²) in [4.78, 5) is 11.8. The molecule has 0 aliphatic rings. The second-order valence-corrected chi connectivity index (χ2v) is 5.91. The highest BCUT2D eigenvalue weighted by atomic mass is 127. The van der Waals surface area contributed by atoms with Gasteiger partial charge >= 0.3 is 0 Å². The molecule has 0 spiro atoms. The minimum Gasteiger partial charge on any atom is -0.507 e. The number of aromatic hydroxyl groups is 1. The van der Waals surface area contributed by atoms with Gasteiger partial charge in [0.1, 0.15) is 5.75 Å². The number of hydrazone groups is 1. The molecule has 7 heteroatoms. The van der Waals surface area contributed by atoms with Crippen molar-refractivity contribution < 1.29 is 19.4 Å². The molecule has 0 fully saturated rings. The molecule has 6 nitrogen and oxygen atoms in total. The topological polar surface area (TPSA) is 80.2 Å². The Hall–Kier alpha value is -2.29. The molecular weight excluding hydrogens is 423 g/mol. The first-order valence-corrected chi connectivity index (χ1v) is 8.33. The van der Waals surface area contributed by atoms with E-state index >= 15 is 0 Å². The van der Waals surface area contributed by atoms with E-state index in [4.69, 9.17) is 9.47 Å². The third-order valence-electron chi connectivity index (χ3n) is 2.89. The zero-order valence-electron chi connectivity index (χ0n) is 13.0. The molecule has 0 aliphatic heterocycles. The largest absolute Gasteiger partial charge is 0.507 e. The second kappa shape index (κ2) is 9.11. The van der Waals surface area contributed by atoms with Crippen LogP contribution in [0, 0.1) is 3.57 Å². The van der Waals surface area contributed by atoms with E-state index < -0.39 is 5.91 Å². The van der Waals surface area contributed by atoms with Gasteiger partial charge in [0.2, 0.25) is 0 Å². The molecule has 0 bridgehead atoms. The van der Waals surface area contributed by atoms with Crippen LogP contribution >= 0.6 is 22.6 Å². The van der Waals surface area contributed by atoms with E-state index in [0.29, 0.717) is 23.7 Å². The average Bonchev–Trinajstić information content (AvgIpc) is 2.57. The fourth-order valence-electron chi connectivity index (χ4n) is 1.82. The van der Waals surface area contributed by atoms with E-state index in [-0.39, 0.29) is 12.4 Å². The zero-order valence-corrected chi connectivity index (χ0v) is 15.2. The van der Waals surface area contributed by atoms with Crippen molar-refractivity contribution in [1.29, 1.82) is 0 Å². The molecule has 126 valence electrons. The molecule has 0 unspecified atom stereocenters. The Morgan fingerprint density at radius 1 is 1.25 bits per heavy atom. The second-order valence-electron chi connectivity index (χ2n) is 4.66. The van der Waals surface area contributed by atoms with Gasteiger partial charge in [0.05, 0.1) is 12.8 Å². The third kappa shape index (κ3) is 5.41. The molecule has 0 radical (unpaired) electrons. The molecule has 0 atom stereocenters. The molecule has 2 aromatic carbocycles. The van der Waals surface area contributed by atoms with Crippen molar-refractivity contribution in [2.24, 2.45) is 5.10 Å². The number of phenols is 1. The van der Waals surface area contributed by atoms with Gasteiger partial charge in [-0.2, -0.15) is 5.10 Å². The number of nitrogens with zero attached hydrogens (tertiary/aromatic N) is 1. The summed E-state index contributed by atoms with van der Waals surface area (Å²) in [6, 6.07) is 12.2. The summed E-state index contributed by atoms with van der Waals surface area (Å²) < 4.78 is 11.8. The van der Waals surface area contributed by atoms with Crippen molar-refractivity contribution in [2.45, 2.75) is 6.92 Å². The van der Waals surface area contributed by atoms with E-state index in [2.05, 4.69) is 33.1 Å². The summed E-state index contributed by atoms with van der Waals surface area (Å²) in [5, 5.41) is 13.5. The number of ether oxygens (including phenoxy) is 2. The number of halogens is 1. The molecule has 1 amide bonds. The predicted molar refractivity (Wildman–Crippen MR) is 99.7 cm³/mol. The van der Waals surface area contributed by atoms with Gasteiger partial charge in [-0.25, -0.2) is 5.43 Å². The van der Waals surface area contributed by atoms with Crippen molar-refractivity contribution in [3.05, 3.63) is 51.6 Å². The maximum atomic E-state index is 11.8. The standard InChI is InChI=1S/C17H17IN2O4/c1-2-23-15-5-3-4-6-16(15)24-11-17(22)20-19-10-12-9-13(18)7-8-14(12)21/h3-10,21H,2,11H2,1H3,(H,20,22)/b19-10+. The van der Waals surface area contributed by atoms with Crippen LogP contribution in [-0.2, 0) is 4.79 Å². The van der Waals surface area contributed by atoms with E-state index in [1.807, 2.05) is 13.0 Å². The van der Waals surface area contributed by atoms with Crippen molar-refractivity contribution in [3.63, 3.8) is 0 Å². The summed E-state index contributed by atoms with van der Waals surface area (Å²) in [5.74, 6) is 0.756. The molecule has 2 aromatic rings. The Kier molecular flexibility index (Phi) is 6.86. The number of nitrogens with one attached hydrogen (secondary N) is 1. The van der Waals surface area contributed by atoms with Crippen LogP contribution in [0.2, 0.25) is 0 Å². The van der Waals surface area contributed by atoms with Gasteiger partial charge in [-0.1, -0.05) is 12.1 Å². The Bertz CT molecular complexity index is 734. The SMILES string of the molecule is CCOc1ccccc1OCC(=O)N/N=C/c1cc(I)ccc1O. The first kappa shape index (κ1) is 18.1. The highest BCUT2D eigenvalue weighted by Gasteiger charge is 2.06. The monoisotopic (exact) mass is 440 g/mol. The highest BCUT2D eigenvalue weighted by Crippen LogP contribution is 2.26. The maximum absolute atomic E-state index is 11.8. The van der Waals surface area contributed by atoms with Gasteiger partial charge in [-0.15, -0.1) is 0 Å². The highest BCUT2D eigenvalue weighted by molar-refractivity contribution is 14.1. The summed E-state index contributed by atoms with van der Waals surface area (Å²) in [6.45, 7) is 2.19. The average molecular weight is 440 g/mol. The molecule has 0 saturated carbocycles. The first-order valence-electron chi connectivity index (χ1n) is 7.25.